The zero-order chi connectivity index (χ0) is 17.8. The average molecular weight is 361 g/mol. The minimum Gasteiger partial charge on any atom is -0.459 e. The second-order valence-electron chi connectivity index (χ2n) is 5.98. The summed E-state index contributed by atoms with van der Waals surface area (Å²) in [4.78, 5) is 36.6. The molecule has 0 spiro atoms. The average Bonchev–Trinajstić information content (AvgIpc) is 3.33. The van der Waals surface area contributed by atoms with E-state index in [1.165, 1.54) is 6.26 Å². The molecule has 132 valence electrons. The zero-order valence-electron chi connectivity index (χ0n) is 13.8. The molecule has 0 aromatic carbocycles. The molecule has 0 aliphatic heterocycles. The van der Waals surface area contributed by atoms with Crippen molar-refractivity contribution in [1.82, 2.24) is 10.9 Å². The standard InChI is InChI=1S/C17H19N3O4S/c1-10-9-13(18-16(22)12-7-4-8-24-12)25-14(10)17(23)20-19-15(21)11-5-2-3-6-11/h4,7-9,11H,2-3,5-6H2,1H3,(H,18,22)(H,19,21)(H,20,23). The molecule has 2 aromatic heterocycles. The van der Waals surface area contributed by atoms with E-state index in [0.717, 1.165) is 37.0 Å². The Morgan fingerprint density at radius 3 is 2.60 bits per heavy atom. The van der Waals surface area contributed by atoms with Gasteiger partial charge in [0.2, 0.25) is 5.91 Å². The SMILES string of the molecule is Cc1cc(NC(=O)c2ccco2)sc1C(=O)NNC(=O)C1CCCC1. The van der Waals surface area contributed by atoms with E-state index in [9.17, 15) is 14.4 Å². The Bertz CT molecular complexity index is 776. The number of hydrogen-bond donors (Lipinski definition) is 3. The van der Waals surface area contributed by atoms with Gasteiger partial charge in [-0.05, 0) is 43.5 Å². The van der Waals surface area contributed by atoms with Crippen LogP contribution >= 0.6 is 11.3 Å². The number of hydrogen-bond acceptors (Lipinski definition) is 5. The van der Waals surface area contributed by atoms with E-state index < -0.39 is 5.91 Å². The third-order valence-electron chi connectivity index (χ3n) is 4.13. The number of amides is 3. The van der Waals surface area contributed by atoms with Crippen molar-refractivity contribution in [1.29, 1.82) is 0 Å². The Kier molecular flexibility index (Phi) is 5.18. The second kappa shape index (κ2) is 7.52. The molecule has 8 heteroatoms. The van der Waals surface area contributed by atoms with Crippen LogP contribution in [0.5, 0.6) is 0 Å². The summed E-state index contributed by atoms with van der Waals surface area (Å²) in [6.07, 6.45) is 5.25. The Balaban J connectivity index is 1.58. The molecule has 25 heavy (non-hydrogen) atoms. The maximum atomic E-state index is 12.3. The van der Waals surface area contributed by atoms with Gasteiger partial charge in [-0.15, -0.1) is 11.3 Å². The predicted molar refractivity (Wildman–Crippen MR) is 93.3 cm³/mol. The first kappa shape index (κ1) is 17.2. The lowest BCUT2D eigenvalue weighted by molar-refractivity contribution is -0.125. The van der Waals surface area contributed by atoms with Crippen molar-refractivity contribution in [2.24, 2.45) is 5.92 Å². The van der Waals surface area contributed by atoms with Gasteiger partial charge in [-0.25, -0.2) is 0 Å². The molecule has 3 rings (SSSR count). The van der Waals surface area contributed by atoms with Crippen molar-refractivity contribution in [3.63, 3.8) is 0 Å². The molecular formula is C17H19N3O4S. The number of aryl methyl sites for hydroxylation is 1. The Labute approximate surface area is 148 Å². The van der Waals surface area contributed by atoms with Crippen LogP contribution in [0.25, 0.3) is 0 Å². The van der Waals surface area contributed by atoms with Crippen LogP contribution in [-0.4, -0.2) is 17.7 Å². The van der Waals surface area contributed by atoms with Gasteiger partial charge in [0.05, 0.1) is 16.1 Å². The summed E-state index contributed by atoms with van der Waals surface area (Å²) >= 11 is 1.14. The van der Waals surface area contributed by atoms with Crippen LogP contribution in [0.15, 0.2) is 28.9 Å². The lowest BCUT2D eigenvalue weighted by Gasteiger charge is -2.11. The molecule has 1 fully saturated rings. The molecule has 0 radical (unpaired) electrons. The maximum Gasteiger partial charge on any atom is 0.291 e. The van der Waals surface area contributed by atoms with E-state index in [4.69, 9.17) is 4.42 Å². The van der Waals surface area contributed by atoms with Gasteiger partial charge in [0.1, 0.15) is 0 Å². The lowest BCUT2D eigenvalue weighted by Crippen LogP contribution is -2.44. The van der Waals surface area contributed by atoms with Crippen LogP contribution in [0, 0.1) is 12.8 Å². The van der Waals surface area contributed by atoms with Gasteiger partial charge in [-0.1, -0.05) is 12.8 Å². The minimum absolute atomic E-state index is 0.0205. The molecule has 1 aliphatic carbocycles. The summed E-state index contributed by atoms with van der Waals surface area (Å²) in [5.41, 5.74) is 5.65. The van der Waals surface area contributed by atoms with Crippen LogP contribution < -0.4 is 16.2 Å². The number of anilines is 1. The van der Waals surface area contributed by atoms with Crippen LogP contribution in [0.3, 0.4) is 0 Å². The van der Waals surface area contributed by atoms with E-state index in [-0.39, 0.29) is 23.5 Å². The van der Waals surface area contributed by atoms with Gasteiger partial charge in [0.25, 0.3) is 11.8 Å². The molecule has 0 atom stereocenters. The lowest BCUT2D eigenvalue weighted by atomic mass is 10.1. The number of furan rings is 1. The summed E-state index contributed by atoms with van der Waals surface area (Å²) in [5, 5.41) is 3.22. The number of nitrogens with one attached hydrogen (secondary N) is 3. The Morgan fingerprint density at radius 2 is 1.92 bits per heavy atom. The third kappa shape index (κ3) is 4.08. The first-order chi connectivity index (χ1) is 12.0. The van der Waals surface area contributed by atoms with E-state index in [1.807, 2.05) is 0 Å². The van der Waals surface area contributed by atoms with E-state index in [2.05, 4.69) is 16.2 Å². The normalized spacial score (nSPS) is 14.3. The van der Waals surface area contributed by atoms with Gasteiger partial charge in [-0.2, -0.15) is 0 Å². The van der Waals surface area contributed by atoms with Crippen LogP contribution in [0.2, 0.25) is 0 Å². The second-order valence-corrected chi connectivity index (χ2v) is 7.03. The predicted octanol–water partition coefficient (Wildman–Crippen LogP) is 2.85. The maximum absolute atomic E-state index is 12.3. The van der Waals surface area contributed by atoms with Gasteiger partial charge in [0, 0.05) is 5.92 Å². The molecule has 7 nitrogen and oxygen atoms in total. The number of hydrazine groups is 1. The largest absolute Gasteiger partial charge is 0.459 e. The zero-order valence-corrected chi connectivity index (χ0v) is 14.6. The Hall–Kier alpha value is -2.61. The van der Waals surface area contributed by atoms with E-state index in [0.29, 0.717) is 15.4 Å². The van der Waals surface area contributed by atoms with Crippen molar-refractivity contribution < 1.29 is 18.8 Å². The highest BCUT2D eigenvalue weighted by atomic mass is 32.1. The molecule has 3 amide bonds. The third-order valence-corrected chi connectivity index (χ3v) is 5.28. The molecule has 3 N–H and O–H groups in total. The van der Waals surface area contributed by atoms with Gasteiger partial charge >= 0.3 is 0 Å². The quantitative estimate of drug-likeness (QED) is 0.729. The van der Waals surface area contributed by atoms with Gasteiger partial charge in [0.15, 0.2) is 5.76 Å². The van der Waals surface area contributed by atoms with Gasteiger partial charge in [-0.3, -0.25) is 25.2 Å². The number of thiophene rings is 1. The fourth-order valence-corrected chi connectivity index (χ4v) is 3.78. The van der Waals surface area contributed by atoms with Crippen molar-refractivity contribution in [2.45, 2.75) is 32.6 Å². The van der Waals surface area contributed by atoms with Gasteiger partial charge < -0.3 is 9.73 Å². The minimum atomic E-state index is -0.396. The molecular weight excluding hydrogens is 342 g/mol. The number of rotatable bonds is 4. The van der Waals surface area contributed by atoms with Crippen molar-refractivity contribution >= 4 is 34.1 Å². The van der Waals surface area contributed by atoms with Crippen molar-refractivity contribution in [2.75, 3.05) is 5.32 Å². The highest BCUT2D eigenvalue weighted by Gasteiger charge is 2.23. The Morgan fingerprint density at radius 1 is 1.16 bits per heavy atom. The first-order valence-corrected chi connectivity index (χ1v) is 8.91. The van der Waals surface area contributed by atoms with E-state index in [1.54, 1.807) is 25.1 Å². The highest BCUT2D eigenvalue weighted by molar-refractivity contribution is 7.18. The van der Waals surface area contributed by atoms with Crippen LogP contribution in [0.1, 0.15) is 51.5 Å². The monoisotopic (exact) mass is 361 g/mol. The molecule has 0 unspecified atom stereocenters. The summed E-state index contributed by atoms with van der Waals surface area (Å²) in [5.74, 6) is -0.750. The summed E-state index contributed by atoms with van der Waals surface area (Å²) in [7, 11) is 0. The topological polar surface area (TPSA) is 100 Å². The number of carbonyl (C=O) groups excluding carboxylic acids is 3. The van der Waals surface area contributed by atoms with Crippen molar-refractivity contribution in [3.8, 4) is 0 Å². The summed E-state index contributed by atoms with van der Waals surface area (Å²) in [6.45, 7) is 1.77. The fraction of sp³-hybridized carbons (Fsp3) is 0.353. The fourth-order valence-electron chi connectivity index (χ4n) is 2.82. The van der Waals surface area contributed by atoms with Crippen LogP contribution in [-0.2, 0) is 4.79 Å². The summed E-state index contributed by atoms with van der Waals surface area (Å²) < 4.78 is 5.03. The molecule has 1 aliphatic rings. The van der Waals surface area contributed by atoms with Crippen LogP contribution in [0.4, 0.5) is 5.00 Å². The van der Waals surface area contributed by atoms with E-state index >= 15 is 0 Å². The summed E-state index contributed by atoms with van der Waals surface area (Å²) in [6, 6.07) is 4.89. The molecule has 0 bridgehead atoms. The molecule has 2 heterocycles. The first-order valence-electron chi connectivity index (χ1n) is 8.10. The number of carbonyl (C=O) groups is 3. The van der Waals surface area contributed by atoms with Crippen molar-refractivity contribution in [3.05, 3.63) is 40.7 Å². The highest BCUT2D eigenvalue weighted by Crippen LogP contribution is 2.27. The molecule has 1 saturated carbocycles. The smallest absolute Gasteiger partial charge is 0.291 e. The molecule has 0 saturated heterocycles. The molecule has 2 aromatic rings.